The number of aromatic amines is 1. The molecule has 0 radical (unpaired) electrons. The number of aromatic nitrogens is 4. The lowest BCUT2D eigenvalue weighted by atomic mass is 10.3. The van der Waals surface area contributed by atoms with Crippen molar-refractivity contribution in [2.24, 2.45) is 7.05 Å². The van der Waals surface area contributed by atoms with Gasteiger partial charge in [-0.1, -0.05) is 26.3 Å². The van der Waals surface area contributed by atoms with Crippen LogP contribution in [0.3, 0.4) is 0 Å². The van der Waals surface area contributed by atoms with Gasteiger partial charge in [0.1, 0.15) is 16.2 Å². The number of fused-ring (bicyclic) bond motifs is 1. The minimum Gasteiger partial charge on any atom is -0.400 e. The Hall–Kier alpha value is -2.26. The average Bonchev–Trinajstić information content (AvgIpc) is 2.59. The van der Waals surface area contributed by atoms with Gasteiger partial charge in [-0.15, -0.1) is 0 Å². The number of aliphatic hydroxyl groups excluding tert-OH is 1. The van der Waals surface area contributed by atoms with E-state index in [4.69, 9.17) is 10.8 Å². The van der Waals surface area contributed by atoms with E-state index < -0.39 is 0 Å². The van der Waals surface area contributed by atoms with Crippen LogP contribution in [0.5, 0.6) is 0 Å². The van der Waals surface area contributed by atoms with Crippen LogP contribution in [0.2, 0.25) is 0 Å². The second-order valence-corrected chi connectivity index (χ2v) is 5.99. The molecule has 0 atom stereocenters. The fourth-order valence-electron chi connectivity index (χ4n) is 1.96. The summed E-state index contributed by atoms with van der Waals surface area (Å²) in [6.45, 7) is 4.83. The van der Waals surface area contributed by atoms with Crippen molar-refractivity contribution < 1.29 is 5.11 Å². The third kappa shape index (κ3) is 5.36. The molecular weight excluding hydrogens is 388 g/mol. The van der Waals surface area contributed by atoms with Gasteiger partial charge < -0.3 is 20.7 Å². The van der Waals surface area contributed by atoms with Crippen LogP contribution in [0, 0.1) is 0 Å². The second kappa shape index (κ2) is 9.90. The van der Waals surface area contributed by atoms with Gasteiger partial charge in [-0.3, -0.25) is 9.89 Å². The van der Waals surface area contributed by atoms with Crippen LogP contribution in [0.1, 0.15) is 25.8 Å². The van der Waals surface area contributed by atoms with Gasteiger partial charge in [-0.2, -0.15) is 0 Å². The number of nitrogen functional groups attached to an aromatic ring is 1. The Kier molecular flexibility index (Phi) is 8.23. The Morgan fingerprint density at radius 1 is 1.36 bits per heavy atom. The zero-order valence-corrected chi connectivity index (χ0v) is 16.5. The lowest BCUT2D eigenvalue weighted by Gasteiger charge is -2.16. The summed E-state index contributed by atoms with van der Waals surface area (Å²) in [6, 6.07) is 5.09. The summed E-state index contributed by atoms with van der Waals surface area (Å²) >= 11 is 3.34. The van der Waals surface area contributed by atoms with Crippen molar-refractivity contribution in [3.05, 3.63) is 44.9 Å². The van der Waals surface area contributed by atoms with Crippen LogP contribution in [0.15, 0.2) is 33.8 Å². The van der Waals surface area contributed by atoms with Crippen LogP contribution in [0.4, 0.5) is 11.6 Å². The van der Waals surface area contributed by atoms with Crippen molar-refractivity contribution in [3.8, 4) is 0 Å². The number of rotatable bonds is 3. The number of nitrogens with zero attached hydrogens (tertiary/aromatic N) is 3. The Bertz CT molecular complexity index is 852. The fourth-order valence-corrected chi connectivity index (χ4v) is 2.40. The molecule has 0 spiro atoms. The number of pyridine rings is 1. The molecule has 3 heterocycles. The molecule has 0 fully saturated rings. The molecule has 3 rings (SSSR count). The highest BCUT2D eigenvalue weighted by molar-refractivity contribution is 9.10. The molecule has 0 amide bonds. The van der Waals surface area contributed by atoms with E-state index in [-0.39, 0.29) is 5.56 Å². The lowest BCUT2D eigenvalue weighted by molar-refractivity contribution is 0.399. The van der Waals surface area contributed by atoms with Crippen LogP contribution >= 0.6 is 15.9 Å². The molecule has 0 aromatic carbocycles. The molecule has 3 aromatic heterocycles. The first-order valence-corrected chi connectivity index (χ1v) is 8.62. The van der Waals surface area contributed by atoms with E-state index in [9.17, 15) is 4.79 Å². The molecule has 0 bridgehead atoms. The molecule has 3 aromatic rings. The third-order valence-corrected chi connectivity index (χ3v) is 3.53. The van der Waals surface area contributed by atoms with Gasteiger partial charge in [0.2, 0.25) is 5.56 Å². The Balaban J connectivity index is 0.000000567. The minimum atomic E-state index is -0.0273. The maximum atomic E-state index is 11.3. The van der Waals surface area contributed by atoms with Crippen molar-refractivity contribution in [1.82, 2.24) is 19.2 Å². The minimum absolute atomic E-state index is 0.0273. The molecule has 0 aliphatic carbocycles. The van der Waals surface area contributed by atoms with Crippen LogP contribution in [-0.4, -0.2) is 31.4 Å². The van der Waals surface area contributed by atoms with Crippen molar-refractivity contribution in [3.63, 3.8) is 0 Å². The normalized spacial score (nSPS) is 9.84. The van der Waals surface area contributed by atoms with Crippen LogP contribution in [0.25, 0.3) is 5.65 Å². The highest BCUT2D eigenvalue weighted by Gasteiger charge is 2.10. The molecule has 25 heavy (non-hydrogen) atoms. The molecule has 0 aliphatic rings. The molecule has 138 valence electrons. The van der Waals surface area contributed by atoms with Crippen molar-refractivity contribution in [1.29, 1.82) is 0 Å². The van der Waals surface area contributed by atoms with E-state index in [0.29, 0.717) is 12.4 Å². The Morgan fingerprint density at radius 3 is 2.56 bits per heavy atom. The SMILES string of the molecule is CCC.CO.Cn1cc(CNc2cc(N)nc3c(Br)[nH]n23)ccc1=O. The highest BCUT2D eigenvalue weighted by Crippen LogP contribution is 2.22. The van der Waals surface area contributed by atoms with Gasteiger partial charge in [0.25, 0.3) is 0 Å². The number of anilines is 2. The van der Waals surface area contributed by atoms with E-state index in [0.717, 1.165) is 28.7 Å². The second-order valence-electron chi connectivity index (χ2n) is 5.20. The molecular formula is C16H25BrN6O2. The number of halogens is 1. The smallest absolute Gasteiger partial charge is 0.250 e. The van der Waals surface area contributed by atoms with E-state index in [1.807, 2.05) is 0 Å². The highest BCUT2D eigenvalue weighted by atomic mass is 79.9. The number of hydrogen-bond donors (Lipinski definition) is 4. The maximum Gasteiger partial charge on any atom is 0.250 e. The van der Waals surface area contributed by atoms with E-state index in [2.05, 4.69) is 45.2 Å². The summed E-state index contributed by atoms with van der Waals surface area (Å²) in [5.74, 6) is 1.25. The molecule has 0 saturated carbocycles. The molecule has 0 unspecified atom stereocenters. The summed E-state index contributed by atoms with van der Waals surface area (Å²) in [5, 5.41) is 13.3. The number of aryl methyl sites for hydroxylation is 1. The van der Waals surface area contributed by atoms with Gasteiger partial charge in [0.05, 0.1) is 0 Å². The van der Waals surface area contributed by atoms with E-state index in [1.165, 1.54) is 6.42 Å². The quantitative estimate of drug-likeness (QED) is 0.527. The Morgan fingerprint density at radius 2 is 2.00 bits per heavy atom. The first-order valence-electron chi connectivity index (χ1n) is 7.82. The van der Waals surface area contributed by atoms with Crippen LogP contribution < -0.4 is 16.6 Å². The topological polar surface area (TPSA) is 113 Å². The lowest BCUT2D eigenvalue weighted by Crippen LogP contribution is -2.17. The third-order valence-electron chi connectivity index (χ3n) is 3.00. The number of H-pyrrole nitrogens is 1. The largest absolute Gasteiger partial charge is 0.400 e. The van der Waals surface area contributed by atoms with E-state index >= 15 is 0 Å². The van der Waals surface area contributed by atoms with Crippen molar-refractivity contribution in [2.45, 2.75) is 26.8 Å². The zero-order chi connectivity index (χ0) is 19.0. The van der Waals surface area contributed by atoms with Gasteiger partial charge in [-0.05, 0) is 21.5 Å². The summed E-state index contributed by atoms with van der Waals surface area (Å²) in [7, 11) is 2.73. The van der Waals surface area contributed by atoms with Crippen LogP contribution in [-0.2, 0) is 13.6 Å². The van der Waals surface area contributed by atoms with Gasteiger partial charge in [0, 0.05) is 39.0 Å². The molecule has 0 saturated heterocycles. The zero-order valence-electron chi connectivity index (χ0n) is 14.9. The molecule has 9 heteroatoms. The number of aliphatic hydroxyl groups is 1. The van der Waals surface area contributed by atoms with Crippen molar-refractivity contribution >= 4 is 33.2 Å². The number of nitrogens with two attached hydrogens (primary N) is 1. The predicted octanol–water partition coefficient (Wildman–Crippen LogP) is 2.34. The maximum absolute atomic E-state index is 11.3. The fraction of sp³-hybridized carbons (Fsp3) is 0.375. The summed E-state index contributed by atoms with van der Waals surface area (Å²) < 4.78 is 4.14. The summed E-state index contributed by atoms with van der Waals surface area (Å²) in [6.07, 6.45) is 3.05. The summed E-state index contributed by atoms with van der Waals surface area (Å²) in [4.78, 5) is 15.5. The van der Waals surface area contributed by atoms with E-state index in [1.54, 1.807) is 40.5 Å². The predicted molar refractivity (Wildman–Crippen MR) is 105 cm³/mol. The average molecular weight is 413 g/mol. The molecule has 0 aliphatic heterocycles. The van der Waals surface area contributed by atoms with Gasteiger partial charge >= 0.3 is 0 Å². The number of nitrogens with one attached hydrogen (secondary N) is 2. The van der Waals surface area contributed by atoms with Crippen molar-refractivity contribution in [2.75, 3.05) is 18.2 Å². The standard InChI is InChI=1S/C12H13BrN6O.C3H8.CH4O/c1-18-6-7(2-3-10(18)20)5-15-9-4-8(14)16-12-11(13)17-19(9)12;1-3-2;1-2/h2-4,6,15,17H,5H2,1H3,(H2,14,16);3H2,1-2H3;2H,1H3. The molecule has 5 N–H and O–H groups in total. The van der Waals surface area contributed by atoms with Gasteiger partial charge in [0.15, 0.2) is 5.65 Å². The Labute approximate surface area is 154 Å². The molecule has 8 nitrogen and oxygen atoms in total. The summed E-state index contributed by atoms with van der Waals surface area (Å²) in [5.41, 5.74) is 7.48. The monoisotopic (exact) mass is 412 g/mol. The first-order chi connectivity index (χ1) is 12.0. The van der Waals surface area contributed by atoms with Gasteiger partial charge in [-0.25, -0.2) is 9.50 Å². The number of hydrogen-bond acceptors (Lipinski definition) is 5. The first kappa shape index (κ1) is 20.8.